The Kier molecular flexibility index (Phi) is 6.32. The highest BCUT2D eigenvalue weighted by atomic mass is 32.2. The van der Waals surface area contributed by atoms with E-state index in [2.05, 4.69) is 4.98 Å². The number of rotatable bonds is 7. The van der Waals surface area contributed by atoms with Gasteiger partial charge in [0, 0.05) is 30.1 Å². The van der Waals surface area contributed by atoms with Crippen LogP contribution < -0.4 is 15.0 Å². The molecule has 0 saturated carbocycles. The molecule has 1 aromatic heterocycles. The number of benzene rings is 3. The maximum absolute atomic E-state index is 13.6. The zero-order valence-electron chi connectivity index (χ0n) is 19.4. The second-order valence-corrected chi connectivity index (χ2v) is 10.5. The lowest BCUT2D eigenvalue weighted by atomic mass is 10.1. The molecule has 3 aromatic carbocycles. The molecule has 0 bridgehead atoms. The van der Waals surface area contributed by atoms with Crippen LogP contribution in [0.1, 0.15) is 16.7 Å². The third-order valence-corrected chi connectivity index (χ3v) is 7.94. The number of hydrogen-bond acceptors (Lipinski definition) is 5. The van der Waals surface area contributed by atoms with E-state index < -0.39 is 10.0 Å². The predicted octanol–water partition coefficient (Wildman–Crippen LogP) is 4.04. The summed E-state index contributed by atoms with van der Waals surface area (Å²) in [7, 11) is -3.83. The van der Waals surface area contributed by atoms with Gasteiger partial charge in [0.1, 0.15) is 13.2 Å². The van der Waals surface area contributed by atoms with Crippen LogP contribution in [0.2, 0.25) is 0 Å². The summed E-state index contributed by atoms with van der Waals surface area (Å²) in [5, 5.41) is 0.750. The molecule has 0 amide bonds. The molecule has 0 unspecified atom stereocenters. The molecular weight excluding hydrogens is 464 g/mol. The largest absolute Gasteiger partial charge is 0.486 e. The molecule has 7 nitrogen and oxygen atoms in total. The monoisotopic (exact) mass is 490 g/mol. The molecule has 180 valence electrons. The van der Waals surface area contributed by atoms with Crippen LogP contribution >= 0.6 is 0 Å². The topological polar surface area (TPSA) is 88.7 Å². The molecule has 0 aliphatic carbocycles. The first-order valence-electron chi connectivity index (χ1n) is 11.5. The van der Waals surface area contributed by atoms with Gasteiger partial charge >= 0.3 is 0 Å². The zero-order valence-corrected chi connectivity index (χ0v) is 20.2. The normalized spacial score (nSPS) is 13.3. The number of sulfonamides is 1. The Morgan fingerprint density at radius 1 is 0.914 bits per heavy atom. The van der Waals surface area contributed by atoms with Gasteiger partial charge in [-0.3, -0.25) is 4.79 Å². The summed E-state index contributed by atoms with van der Waals surface area (Å²) in [5.41, 5.74) is 2.63. The van der Waals surface area contributed by atoms with E-state index in [4.69, 9.17) is 9.47 Å². The van der Waals surface area contributed by atoms with Gasteiger partial charge in [0.05, 0.1) is 10.4 Å². The molecule has 2 heterocycles. The van der Waals surface area contributed by atoms with Crippen molar-refractivity contribution in [3.8, 4) is 11.5 Å². The van der Waals surface area contributed by atoms with Crippen LogP contribution in [-0.2, 0) is 23.0 Å². The fourth-order valence-corrected chi connectivity index (χ4v) is 5.56. The standard InChI is InChI=1S/C27H26N2O5S/c1-19-7-9-23(10-8-19)35(31,32)29(12-11-20-5-3-2-4-6-20)18-22-15-21-16-25-26(34-14-13-33-25)17-24(21)28-27(22)30/h2-10,15-17H,11-14,18H2,1H3,(H,28,30). The average Bonchev–Trinajstić information content (AvgIpc) is 2.86. The molecule has 4 aromatic rings. The summed E-state index contributed by atoms with van der Waals surface area (Å²) in [6.07, 6.45) is 0.524. The zero-order chi connectivity index (χ0) is 24.4. The molecule has 0 radical (unpaired) electrons. The van der Waals surface area contributed by atoms with E-state index in [1.54, 1.807) is 36.4 Å². The molecule has 5 rings (SSSR count). The molecule has 1 aliphatic heterocycles. The Morgan fingerprint density at radius 2 is 1.60 bits per heavy atom. The van der Waals surface area contributed by atoms with Crippen molar-refractivity contribution in [2.45, 2.75) is 24.8 Å². The van der Waals surface area contributed by atoms with Crippen molar-refractivity contribution >= 4 is 20.9 Å². The fourth-order valence-electron chi connectivity index (χ4n) is 4.14. The van der Waals surface area contributed by atoms with Gasteiger partial charge in [-0.2, -0.15) is 4.31 Å². The van der Waals surface area contributed by atoms with Crippen molar-refractivity contribution in [1.82, 2.24) is 9.29 Å². The first-order valence-corrected chi connectivity index (χ1v) is 12.9. The minimum Gasteiger partial charge on any atom is -0.486 e. The van der Waals surface area contributed by atoms with Gasteiger partial charge in [-0.25, -0.2) is 8.42 Å². The number of pyridine rings is 1. The van der Waals surface area contributed by atoms with Gasteiger partial charge in [0.2, 0.25) is 10.0 Å². The Hall–Kier alpha value is -3.62. The molecule has 0 spiro atoms. The highest BCUT2D eigenvalue weighted by molar-refractivity contribution is 7.89. The SMILES string of the molecule is Cc1ccc(S(=O)(=O)N(CCc2ccccc2)Cc2cc3cc4c(cc3[nH]c2=O)OCCO4)cc1. The van der Waals surface area contributed by atoms with Crippen LogP contribution in [0.15, 0.2) is 82.5 Å². The highest BCUT2D eigenvalue weighted by Crippen LogP contribution is 2.33. The van der Waals surface area contributed by atoms with Crippen molar-refractivity contribution < 1.29 is 17.9 Å². The average molecular weight is 491 g/mol. The van der Waals surface area contributed by atoms with Crippen LogP contribution in [0.25, 0.3) is 10.9 Å². The number of aromatic nitrogens is 1. The number of aryl methyl sites for hydroxylation is 1. The number of ether oxygens (including phenoxy) is 2. The maximum Gasteiger partial charge on any atom is 0.252 e. The van der Waals surface area contributed by atoms with Crippen molar-refractivity contribution in [3.05, 3.63) is 99.8 Å². The number of fused-ring (bicyclic) bond motifs is 2. The molecule has 0 fully saturated rings. The predicted molar refractivity (Wildman–Crippen MR) is 134 cm³/mol. The van der Waals surface area contributed by atoms with E-state index in [-0.39, 0.29) is 23.5 Å². The molecule has 1 N–H and O–H groups in total. The third-order valence-electron chi connectivity index (χ3n) is 6.08. The number of H-pyrrole nitrogens is 1. The van der Waals surface area contributed by atoms with E-state index in [0.29, 0.717) is 42.2 Å². The van der Waals surface area contributed by atoms with Crippen molar-refractivity contribution in [2.24, 2.45) is 0 Å². The molecule has 0 saturated heterocycles. The second-order valence-electron chi connectivity index (χ2n) is 8.59. The van der Waals surface area contributed by atoms with Gasteiger partial charge in [-0.05, 0) is 43.2 Å². The third kappa shape index (κ3) is 4.94. The molecule has 1 aliphatic rings. The molecule has 0 atom stereocenters. The molecule has 8 heteroatoms. The van der Waals surface area contributed by atoms with Crippen molar-refractivity contribution in [3.63, 3.8) is 0 Å². The minimum absolute atomic E-state index is 0.0528. The van der Waals surface area contributed by atoms with Gasteiger partial charge < -0.3 is 14.5 Å². The van der Waals surface area contributed by atoms with E-state index in [1.807, 2.05) is 43.3 Å². The molecule has 35 heavy (non-hydrogen) atoms. The van der Waals surface area contributed by atoms with Crippen LogP contribution in [-0.4, -0.2) is 37.5 Å². The number of hydrogen-bond donors (Lipinski definition) is 1. The first kappa shape index (κ1) is 23.1. The lowest BCUT2D eigenvalue weighted by molar-refractivity contribution is 0.172. The lowest BCUT2D eigenvalue weighted by Crippen LogP contribution is -2.34. The Labute approximate surface area is 204 Å². The fraction of sp³-hybridized carbons (Fsp3) is 0.222. The van der Waals surface area contributed by atoms with Gasteiger partial charge in [-0.15, -0.1) is 0 Å². The summed E-state index contributed by atoms with van der Waals surface area (Å²) in [5.74, 6) is 1.19. The quantitative estimate of drug-likeness (QED) is 0.422. The summed E-state index contributed by atoms with van der Waals surface area (Å²) < 4.78 is 39.9. The van der Waals surface area contributed by atoms with E-state index in [1.165, 1.54) is 4.31 Å². The summed E-state index contributed by atoms with van der Waals surface area (Å²) >= 11 is 0. The van der Waals surface area contributed by atoms with Crippen LogP contribution in [0, 0.1) is 6.92 Å². The van der Waals surface area contributed by atoms with Crippen molar-refractivity contribution in [1.29, 1.82) is 0 Å². The Balaban J connectivity index is 1.51. The van der Waals surface area contributed by atoms with E-state index in [0.717, 1.165) is 16.5 Å². The van der Waals surface area contributed by atoms with Crippen LogP contribution in [0.3, 0.4) is 0 Å². The van der Waals surface area contributed by atoms with Crippen molar-refractivity contribution in [2.75, 3.05) is 19.8 Å². The number of aromatic amines is 1. The second kappa shape index (κ2) is 9.56. The summed E-state index contributed by atoms with van der Waals surface area (Å²) in [6.45, 7) is 3.00. The van der Waals surface area contributed by atoms with Gasteiger partial charge in [0.25, 0.3) is 5.56 Å². The summed E-state index contributed by atoms with van der Waals surface area (Å²) in [6, 6.07) is 21.7. The molecular formula is C27H26N2O5S. The minimum atomic E-state index is -3.83. The highest BCUT2D eigenvalue weighted by Gasteiger charge is 2.26. The van der Waals surface area contributed by atoms with Crippen LogP contribution in [0.4, 0.5) is 0 Å². The van der Waals surface area contributed by atoms with E-state index in [9.17, 15) is 13.2 Å². The van der Waals surface area contributed by atoms with Gasteiger partial charge in [0.15, 0.2) is 11.5 Å². The number of nitrogens with one attached hydrogen (secondary N) is 1. The summed E-state index contributed by atoms with van der Waals surface area (Å²) in [4.78, 5) is 16.0. The smallest absolute Gasteiger partial charge is 0.252 e. The maximum atomic E-state index is 13.6. The van der Waals surface area contributed by atoms with Crippen LogP contribution in [0.5, 0.6) is 11.5 Å². The first-order chi connectivity index (χ1) is 16.9. The number of nitrogens with zero attached hydrogens (tertiary/aromatic N) is 1. The van der Waals surface area contributed by atoms with E-state index >= 15 is 0 Å². The Morgan fingerprint density at radius 3 is 2.31 bits per heavy atom. The Bertz CT molecular complexity index is 1510. The van der Waals surface area contributed by atoms with Gasteiger partial charge in [-0.1, -0.05) is 48.0 Å². The lowest BCUT2D eigenvalue weighted by Gasteiger charge is -2.23.